The van der Waals surface area contributed by atoms with Gasteiger partial charge in [-0.1, -0.05) is 37.6 Å². The summed E-state index contributed by atoms with van der Waals surface area (Å²) in [5.41, 5.74) is 1.78. The van der Waals surface area contributed by atoms with Gasteiger partial charge in [0.2, 0.25) is 0 Å². The third-order valence-corrected chi connectivity index (χ3v) is 2.81. The molecule has 19 heavy (non-hydrogen) atoms. The normalized spacial score (nSPS) is 11.7. The first-order chi connectivity index (χ1) is 9.13. The lowest BCUT2D eigenvalue weighted by Crippen LogP contribution is -2.25. The van der Waals surface area contributed by atoms with Crippen LogP contribution >= 0.6 is 0 Å². The largest absolute Gasteiger partial charge is 0.468 e. The molecule has 104 valence electrons. The van der Waals surface area contributed by atoms with Crippen LogP contribution in [0.5, 0.6) is 0 Å². The minimum atomic E-state index is -0.999. The zero-order chi connectivity index (χ0) is 14.3. The van der Waals surface area contributed by atoms with E-state index in [1.54, 1.807) is 19.1 Å². The Morgan fingerprint density at radius 2 is 1.74 bits per heavy atom. The average molecular weight is 264 g/mol. The van der Waals surface area contributed by atoms with Crippen LogP contribution in [0.15, 0.2) is 24.3 Å². The molecule has 0 saturated heterocycles. The van der Waals surface area contributed by atoms with Gasteiger partial charge >= 0.3 is 11.9 Å². The van der Waals surface area contributed by atoms with Gasteiger partial charge < -0.3 is 9.47 Å². The van der Waals surface area contributed by atoms with Crippen LogP contribution in [0, 0.1) is 0 Å². The van der Waals surface area contributed by atoms with Gasteiger partial charge in [0, 0.05) is 0 Å². The number of methoxy groups -OCH3 is 1. The van der Waals surface area contributed by atoms with Crippen molar-refractivity contribution in [2.24, 2.45) is 0 Å². The lowest BCUT2D eigenvalue weighted by Gasteiger charge is -2.14. The van der Waals surface area contributed by atoms with Gasteiger partial charge in [0.15, 0.2) is 5.92 Å². The van der Waals surface area contributed by atoms with Crippen molar-refractivity contribution in [1.82, 2.24) is 0 Å². The van der Waals surface area contributed by atoms with E-state index in [1.807, 2.05) is 12.1 Å². The second kappa shape index (κ2) is 7.56. The Bertz CT molecular complexity index is 422. The number of aryl methyl sites for hydroxylation is 1. The van der Waals surface area contributed by atoms with Gasteiger partial charge in [-0.05, 0) is 24.5 Å². The minimum absolute atomic E-state index is 0.236. The SMILES string of the molecule is CCCc1ccc(C(C(=O)OC)C(=O)OCC)cc1. The molecule has 0 fully saturated rings. The summed E-state index contributed by atoms with van der Waals surface area (Å²) in [6.07, 6.45) is 2.03. The van der Waals surface area contributed by atoms with Crippen molar-refractivity contribution in [2.45, 2.75) is 32.6 Å². The molecule has 4 heteroatoms. The van der Waals surface area contributed by atoms with Gasteiger partial charge in [-0.25, -0.2) is 0 Å². The van der Waals surface area contributed by atoms with E-state index in [4.69, 9.17) is 4.74 Å². The van der Waals surface area contributed by atoms with Gasteiger partial charge in [-0.3, -0.25) is 9.59 Å². The van der Waals surface area contributed by atoms with Crippen LogP contribution < -0.4 is 0 Å². The summed E-state index contributed by atoms with van der Waals surface area (Å²) in [4.78, 5) is 23.5. The summed E-state index contributed by atoms with van der Waals surface area (Å²) in [5, 5.41) is 0. The fourth-order valence-electron chi connectivity index (χ4n) is 1.88. The molecule has 0 amide bonds. The number of hydrogen-bond acceptors (Lipinski definition) is 4. The number of rotatable bonds is 6. The van der Waals surface area contributed by atoms with E-state index in [1.165, 1.54) is 12.7 Å². The van der Waals surface area contributed by atoms with Gasteiger partial charge in [-0.15, -0.1) is 0 Å². The fourth-order valence-corrected chi connectivity index (χ4v) is 1.88. The molecular formula is C15H20O4. The van der Waals surface area contributed by atoms with E-state index in [9.17, 15) is 9.59 Å². The molecule has 0 aliphatic heterocycles. The van der Waals surface area contributed by atoms with Crippen molar-refractivity contribution < 1.29 is 19.1 Å². The van der Waals surface area contributed by atoms with E-state index >= 15 is 0 Å². The van der Waals surface area contributed by atoms with Crippen LogP contribution in [0.1, 0.15) is 37.3 Å². The maximum Gasteiger partial charge on any atom is 0.324 e. The van der Waals surface area contributed by atoms with Gasteiger partial charge in [0.25, 0.3) is 0 Å². The van der Waals surface area contributed by atoms with Gasteiger partial charge in [0.1, 0.15) is 0 Å². The lowest BCUT2D eigenvalue weighted by atomic mass is 9.97. The van der Waals surface area contributed by atoms with E-state index in [0.717, 1.165) is 12.8 Å². The average Bonchev–Trinajstić information content (AvgIpc) is 2.41. The first-order valence-corrected chi connectivity index (χ1v) is 6.47. The Balaban J connectivity index is 2.97. The quantitative estimate of drug-likeness (QED) is 0.585. The lowest BCUT2D eigenvalue weighted by molar-refractivity contribution is -0.155. The molecule has 1 aromatic rings. The van der Waals surface area contributed by atoms with Crippen LogP contribution in [0.2, 0.25) is 0 Å². The maximum absolute atomic E-state index is 11.8. The van der Waals surface area contributed by atoms with E-state index in [-0.39, 0.29) is 6.61 Å². The molecule has 0 aliphatic rings. The molecule has 1 unspecified atom stereocenters. The van der Waals surface area contributed by atoms with E-state index in [0.29, 0.717) is 5.56 Å². The predicted octanol–water partition coefficient (Wildman–Crippen LogP) is 2.46. The van der Waals surface area contributed by atoms with Gasteiger partial charge in [-0.2, -0.15) is 0 Å². The fraction of sp³-hybridized carbons (Fsp3) is 0.467. The second-order valence-electron chi connectivity index (χ2n) is 4.20. The molecule has 1 rings (SSSR count). The van der Waals surface area contributed by atoms with Crippen molar-refractivity contribution >= 4 is 11.9 Å². The van der Waals surface area contributed by atoms with Crippen LogP contribution in [-0.2, 0) is 25.5 Å². The zero-order valence-corrected chi connectivity index (χ0v) is 11.6. The molecule has 0 aromatic heterocycles. The molecule has 0 saturated carbocycles. The molecule has 0 bridgehead atoms. The van der Waals surface area contributed by atoms with E-state index in [2.05, 4.69) is 11.7 Å². The Labute approximate surface area is 113 Å². The van der Waals surface area contributed by atoms with Crippen LogP contribution in [0.3, 0.4) is 0 Å². The van der Waals surface area contributed by atoms with Crippen molar-refractivity contribution in [2.75, 3.05) is 13.7 Å². The molecule has 0 radical (unpaired) electrons. The number of benzene rings is 1. The van der Waals surface area contributed by atoms with Crippen molar-refractivity contribution in [3.05, 3.63) is 35.4 Å². The summed E-state index contributed by atoms with van der Waals surface area (Å²) < 4.78 is 9.59. The molecule has 0 spiro atoms. The van der Waals surface area contributed by atoms with Gasteiger partial charge in [0.05, 0.1) is 13.7 Å². The Morgan fingerprint density at radius 1 is 1.11 bits per heavy atom. The Kier molecular flexibility index (Phi) is 6.06. The molecular weight excluding hydrogens is 244 g/mol. The molecule has 1 aromatic carbocycles. The number of hydrogen-bond donors (Lipinski definition) is 0. The summed E-state index contributed by atoms with van der Waals surface area (Å²) in [5.74, 6) is -2.17. The summed E-state index contributed by atoms with van der Waals surface area (Å²) >= 11 is 0. The second-order valence-corrected chi connectivity index (χ2v) is 4.20. The van der Waals surface area contributed by atoms with Crippen LogP contribution in [-0.4, -0.2) is 25.7 Å². The topological polar surface area (TPSA) is 52.6 Å². The molecule has 0 heterocycles. The number of ether oxygens (including phenoxy) is 2. The third-order valence-electron chi connectivity index (χ3n) is 2.81. The van der Waals surface area contributed by atoms with Crippen LogP contribution in [0.4, 0.5) is 0 Å². The van der Waals surface area contributed by atoms with Crippen molar-refractivity contribution in [3.8, 4) is 0 Å². The van der Waals surface area contributed by atoms with Crippen molar-refractivity contribution in [1.29, 1.82) is 0 Å². The van der Waals surface area contributed by atoms with E-state index < -0.39 is 17.9 Å². The highest BCUT2D eigenvalue weighted by atomic mass is 16.5. The number of carbonyl (C=O) groups excluding carboxylic acids is 2. The van der Waals surface area contributed by atoms with Crippen LogP contribution in [0.25, 0.3) is 0 Å². The zero-order valence-electron chi connectivity index (χ0n) is 11.6. The summed E-state index contributed by atoms with van der Waals surface area (Å²) in [6, 6.07) is 7.41. The number of esters is 2. The third kappa shape index (κ3) is 4.09. The summed E-state index contributed by atoms with van der Waals surface area (Å²) in [6.45, 7) is 4.04. The molecule has 4 nitrogen and oxygen atoms in total. The highest BCUT2D eigenvalue weighted by Gasteiger charge is 2.30. The predicted molar refractivity (Wildman–Crippen MR) is 71.8 cm³/mol. The highest BCUT2D eigenvalue weighted by molar-refractivity contribution is 6.00. The molecule has 0 aliphatic carbocycles. The monoisotopic (exact) mass is 264 g/mol. The maximum atomic E-state index is 11.8. The highest BCUT2D eigenvalue weighted by Crippen LogP contribution is 2.20. The smallest absolute Gasteiger partial charge is 0.324 e. The Morgan fingerprint density at radius 3 is 2.21 bits per heavy atom. The Hall–Kier alpha value is -1.84. The molecule has 0 N–H and O–H groups in total. The number of carbonyl (C=O) groups is 2. The first kappa shape index (κ1) is 15.2. The van der Waals surface area contributed by atoms with Crippen molar-refractivity contribution in [3.63, 3.8) is 0 Å². The first-order valence-electron chi connectivity index (χ1n) is 6.47. The molecule has 1 atom stereocenters. The summed E-state index contributed by atoms with van der Waals surface area (Å²) in [7, 11) is 1.26. The minimum Gasteiger partial charge on any atom is -0.468 e. The standard InChI is InChI=1S/C15H20O4/c1-4-6-11-7-9-12(10-8-11)13(14(16)18-3)15(17)19-5-2/h7-10,13H,4-6H2,1-3H3.